The summed E-state index contributed by atoms with van der Waals surface area (Å²) >= 11 is 0. The van der Waals surface area contributed by atoms with Crippen LogP contribution in [0.4, 0.5) is 5.69 Å². The Hall–Kier alpha value is -2.70. The van der Waals surface area contributed by atoms with Gasteiger partial charge in [-0.05, 0) is 44.9 Å². The smallest absolute Gasteiger partial charge is 0.232 e. The molecule has 2 amide bonds. The Balaban J connectivity index is 1.73. The molecule has 0 aliphatic carbocycles. The van der Waals surface area contributed by atoms with Gasteiger partial charge in [-0.3, -0.25) is 9.59 Å². The number of amides is 2. The number of carbonyl (C=O) groups is 2. The Bertz CT molecular complexity index is 940. The van der Waals surface area contributed by atoms with E-state index in [-0.39, 0.29) is 23.7 Å². The van der Waals surface area contributed by atoms with Gasteiger partial charge in [-0.1, -0.05) is 38.1 Å². The van der Waals surface area contributed by atoms with Gasteiger partial charge >= 0.3 is 0 Å². The van der Waals surface area contributed by atoms with Crippen molar-refractivity contribution in [2.75, 3.05) is 11.4 Å². The molecule has 1 aromatic carbocycles. The minimum Gasteiger partial charge on any atom is -0.343 e. The predicted molar refractivity (Wildman–Crippen MR) is 111 cm³/mol. The second-order valence-electron chi connectivity index (χ2n) is 9.41. The van der Waals surface area contributed by atoms with Crippen molar-refractivity contribution in [3.63, 3.8) is 0 Å². The Kier molecular flexibility index (Phi) is 5.28. The van der Waals surface area contributed by atoms with Crippen LogP contribution in [0.15, 0.2) is 22.7 Å². The molecular weight excluding hydrogens is 368 g/mol. The molecule has 1 atom stereocenters. The van der Waals surface area contributed by atoms with Gasteiger partial charge in [0.25, 0.3) is 0 Å². The minimum absolute atomic E-state index is 0.0359. The van der Waals surface area contributed by atoms with Crippen molar-refractivity contribution in [2.24, 2.45) is 5.92 Å². The standard InChI is InChI=1S/C22H30N4O3/c1-13-9-8-10-16(14(13)2)26-12-15(11-17(26)27)18(28)24-22(6,7)19-23-20(29-25-19)21(3,4)5/h8-10,15H,11-12H2,1-7H3,(H,24,28). The molecule has 7 nitrogen and oxygen atoms in total. The molecule has 1 fully saturated rings. The summed E-state index contributed by atoms with van der Waals surface area (Å²) < 4.78 is 5.36. The Morgan fingerprint density at radius 2 is 1.90 bits per heavy atom. The van der Waals surface area contributed by atoms with Gasteiger partial charge in [0.15, 0.2) is 5.82 Å². The Morgan fingerprint density at radius 1 is 1.21 bits per heavy atom. The number of aryl methyl sites for hydroxylation is 1. The molecule has 1 unspecified atom stereocenters. The molecule has 0 radical (unpaired) electrons. The Labute approximate surface area is 171 Å². The number of nitrogens with zero attached hydrogens (tertiary/aromatic N) is 3. The zero-order valence-electron chi connectivity index (χ0n) is 18.3. The van der Waals surface area contributed by atoms with E-state index in [0.717, 1.165) is 16.8 Å². The SMILES string of the molecule is Cc1cccc(N2CC(C(=O)NC(C)(C)c3noc(C(C)(C)C)n3)CC2=O)c1C. The molecule has 7 heteroatoms. The van der Waals surface area contributed by atoms with Gasteiger partial charge in [0.2, 0.25) is 17.7 Å². The number of nitrogens with one attached hydrogen (secondary N) is 1. The first kappa shape index (κ1) is 21.0. The van der Waals surface area contributed by atoms with Crippen molar-refractivity contribution in [2.45, 2.75) is 65.8 Å². The molecule has 1 aliphatic heterocycles. The van der Waals surface area contributed by atoms with E-state index in [0.29, 0.717) is 18.3 Å². The highest BCUT2D eigenvalue weighted by Gasteiger charge is 2.39. The number of hydrogen-bond donors (Lipinski definition) is 1. The van der Waals surface area contributed by atoms with E-state index in [1.807, 2.05) is 66.7 Å². The number of anilines is 1. The van der Waals surface area contributed by atoms with Crippen molar-refractivity contribution in [1.82, 2.24) is 15.5 Å². The van der Waals surface area contributed by atoms with E-state index >= 15 is 0 Å². The maximum absolute atomic E-state index is 12.9. The third kappa shape index (κ3) is 4.18. The lowest BCUT2D eigenvalue weighted by Crippen LogP contribution is -2.45. The molecule has 1 aromatic heterocycles. The average molecular weight is 399 g/mol. The number of carbonyl (C=O) groups excluding carboxylic acids is 2. The highest BCUT2D eigenvalue weighted by molar-refractivity contribution is 6.01. The second kappa shape index (κ2) is 7.28. The molecule has 0 saturated carbocycles. The van der Waals surface area contributed by atoms with E-state index in [4.69, 9.17) is 4.52 Å². The molecule has 2 aromatic rings. The summed E-state index contributed by atoms with van der Waals surface area (Å²) in [4.78, 5) is 31.7. The van der Waals surface area contributed by atoms with Gasteiger partial charge < -0.3 is 14.7 Å². The summed E-state index contributed by atoms with van der Waals surface area (Å²) in [7, 11) is 0. The number of rotatable bonds is 4. The van der Waals surface area contributed by atoms with Gasteiger partial charge in [0.1, 0.15) is 0 Å². The number of benzene rings is 1. The zero-order chi connectivity index (χ0) is 21.6. The van der Waals surface area contributed by atoms with Gasteiger partial charge in [-0.2, -0.15) is 4.98 Å². The molecule has 29 heavy (non-hydrogen) atoms. The van der Waals surface area contributed by atoms with Crippen molar-refractivity contribution >= 4 is 17.5 Å². The first-order valence-corrected chi connectivity index (χ1v) is 9.93. The van der Waals surface area contributed by atoms with Gasteiger partial charge in [-0.25, -0.2) is 0 Å². The van der Waals surface area contributed by atoms with Gasteiger partial charge in [-0.15, -0.1) is 0 Å². The molecule has 1 N–H and O–H groups in total. The zero-order valence-corrected chi connectivity index (χ0v) is 18.3. The van der Waals surface area contributed by atoms with Crippen molar-refractivity contribution in [3.05, 3.63) is 41.0 Å². The molecule has 0 spiro atoms. The second-order valence-corrected chi connectivity index (χ2v) is 9.41. The van der Waals surface area contributed by atoms with E-state index < -0.39 is 11.5 Å². The fourth-order valence-corrected chi connectivity index (χ4v) is 3.39. The summed E-state index contributed by atoms with van der Waals surface area (Å²) in [6.45, 7) is 14.0. The molecule has 1 saturated heterocycles. The molecule has 2 heterocycles. The van der Waals surface area contributed by atoms with Crippen LogP contribution in [0, 0.1) is 19.8 Å². The van der Waals surface area contributed by atoms with Crippen molar-refractivity contribution < 1.29 is 14.1 Å². The van der Waals surface area contributed by atoms with Crippen LogP contribution < -0.4 is 10.2 Å². The van der Waals surface area contributed by atoms with Crippen LogP contribution in [0.3, 0.4) is 0 Å². The van der Waals surface area contributed by atoms with Crippen LogP contribution in [0.2, 0.25) is 0 Å². The van der Waals surface area contributed by atoms with Crippen molar-refractivity contribution in [3.8, 4) is 0 Å². The summed E-state index contributed by atoms with van der Waals surface area (Å²) in [6, 6.07) is 5.88. The number of hydrogen-bond acceptors (Lipinski definition) is 5. The third-order valence-electron chi connectivity index (χ3n) is 5.42. The van der Waals surface area contributed by atoms with Crippen LogP contribution >= 0.6 is 0 Å². The van der Waals surface area contributed by atoms with Crippen molar-refractivity contribution in [1.29, 1.82) is 0 Å². The van der Waals surface area contributed by atoms with E-state index in [1.165, 1.54) is 0 Å². The normalized spacial score (nSPS) is 17.7. The van der Waals surface area contributed by atoms with Crippen LogP contribution in [-0.2, 0) is 20.5 Å². The molecule has 1 aliphatic rings. The molecule has 156 valence electrons. The summed E-state index contributed by atoms with van der Waals surface area (Å²) in [6.07, 6.45) is 0.189. The lowest BCUT2D eigenvalue weighted by molar-refractivity contribution is -0.127. The lowest BCUT2D eigenvalue weighted by atomic mass is 9.96. The Morgan fingerprint density at radius 3 is 2.52 bits per heavy atom. The lowest BCUT2D eigenvalue weighted by Gasteiger charge is -2.25. The quantitative estimate of drug-likeness (QED) is 0.853. The fourth-order valence-electron chi connectivity index (χ4n) is 3.39. The molecule has 0 bridgehead atoms. The van der Waals surface area contributed by atoms with E-state index in [1.54, 1.807) is 4.90 Å². The van der Waals surface area contributed by atoms with E-state index in [2.05, 4.69) is 15.5 Å². The topological polar surface area (TPSA) is 88.3 Å². The predicted octanol–water partition coefficient (Wildman–Crippen LogP) is 3.39. The maximum atomic E-state index is 12.9. The van der Waals surface area contributed by atoms with Crippen LogP contribution in [0.5, 0.6) is 0 Å². The highest BCUT2D eigenvalue weighted by Crippen LogP contribution is 2.30. The fraction of sp³-hybridized carbons (Fsp3) is 0.545. The van der Waals surface area contributed by atoms with Crippen LogP contribution in [-0.4, -0.2) is 28.5 Å². The number of aromatic nitrogens is 2. The van der Waals surface area contributed by atoms with Gasteiger partial charge in [0.05, 0.1) is 11.5 Å². The third-order valence-corrected chi connectivity index (χ3v) is 5.42. The first-order chi connectivity index (χ1) is 13.4. The first-order valence-electron chi connectivity index (χ1n) is 9.93. The molecule has 3 rings (SSSR count). The maximum Gasteiger partial charge on any atom is 0.232 e. The highest BCUT2D eigenvalue weighted by atomic mass is 16.5. The van der Waals surface area contributed by atoms with Crippen LogP contribution in [0.25, 0.3) is 0 Å². The van der Waals surface area contributed by atoms with Crippen LogP contribution in [0.1, 0.15) is 63.9 Å². The largest absolute Gasteiger partial charge is 0.343 e. The van der Waals surface area contributed by atoms with E-state index in [9.17, 15) is 9.59 Å². The minimum atomic E-state index is -0.806. The average Bonchev–Trinajstić information content (AvgIpc) is 3.24. The summed E-state index contributed by atoms with van der Waals surface area (Å²) in [5.41, 5.74) is 1.98. The van der Waals surface area contributed by atoms with Gasteiger partial charge in [0, 0.05) is 24.1 Å². The summed E-state index contributed by atoms with van der Waals surface area (Å²) in [5.74, 6) is 0.304. The molecular formula is C22H30N4O3. The monoisotopic (exact) mass is 398 g/mol. The summed E-state index contributed by atoms with van der Waals surface area (Å²) in [5, 5.41) is 7.05.